The Morgan fingerprint density at radius 1 is 1.42 bits per heavy atom. The van der Waals surface area contributed by atoms with Crippen LogP contribution < -0.4 is 0 Å². The molecule has 100 valence electrons. The first-order valence-corrected chi connectivity index (χ1v) is 6.93. The van der Waals surface area contributed by atoms with Crippen LogP contribution in [0.1, 0.15) is 30.9 Å². The third-order valence-corrected chi connectivity index (χ3v) is 4.22. The molecule has 1 aliphatic carbocycles. The highest BCUT2D eigenvalue weighted by Crippen LogP contribution is 2.55. The first-order chi connectivity index (χ1) is 9.18. The van der Waals surface area contributed by atoms with E-state index in [9.17, 15) is 0 Å². The maximum atomic E-state index is 5.70. The van der Waals surface area contributed by atoms with E-state index in [4.69, 9.17) is 4.84 Å². The molecule has 0 amide bonds. The third kappa shape index (κ3) is 1.96. The van der Waals surface area contributed by atoms with Gasteiger partial charge in [0.05, 0.1) is 19.2 Å². The largest absolute Gasteiger partial charge is 0.301 e. The average Bonchev–Trinajstić information content (AvgIpc) is 3.20. The number of rotatable bonds is 4. The minimum absolute atomic E-state index is 0.0930. The summed E-state index contributed by atoms with van der Waals surface area (Å²) >= 11 is 0. The fourth-order valence-corrected chi connectivity index (χ4v) is 3.21. The predicted molar refractivity (Wildman–Crippen MR) is 77.4 cm³/mol. The van der Waals surface area contributed by atoms with Crippen LogP contribution in [0, 0.1) is 5.92 Å². The summed E-state index contributed by atoms with van der Waals surface area (Å²) in [6, 6.07) is 8.69. The number of fused-ring (bicyclic) bond motifs is 1. The molecule has 0 aromatic heterocycles. The molecule has 2 aliphatic rings. The minimum Gasteiger partial charge on any atom is -0.301 e. The van der Waals surface area contributed by atoms with Gasteiger partial charge in [0.2, 0.25) is 0 Å². The fraction of sp³-hybridized carbons (Fsp3) is 0.412. The van der Waals surface area contributed by atoms with Gasteiger partial charge in [0.1, 0.15) is 0 Å². The van der Waals surface area contributed by atoms with Crippen LogP contribution in [-0.2, 0) is 16.9 Å². The van der Waals surface area contributed by atoms with E-state index in [-0.39, 0.29) is 5.54 Å². The Bertz CT molecular complexity index is 530. The number of allylic oxidation sites excluding steroid dienone is 2. The van der Waals surface area contributed by atoms with Crippen LogP contribution in [0.2, 0.25) is 0 Å². The molecule has 1 aliphatic heterocycles. The normalized spacial score (nSPS) is 26.8. The van der Waals surface area contributed by atoms with Crippen molar-refractivity contribution in [2.24, 2.45) is 5.92 Å². The van der Waals surface area contributed by atoms with E-state index in [1.54, 1.807) is 7.11 Å². The lowest BCUT2D eigenvalue weighted by molar-refractivity contribution is -0.194. The molecule has 1 fully saturated rings. The van der Waals surface area contributed by atoms with Crippen molar-refractivity contribution in [3.05, 3.63) is 59.7 Å². The first kappa shape index (κ1) is 12.6. The van der Waals surface area contributed by atoms with Gasteiger partial charge in [-0.1, -0.05) is 48.6 Å². The molecule has 0 radical (unpaired) electrons. The lowest BCUT2D eigenvalue weighted by Crippen LogP contribution is -2.40. The van der Waals surface area contributed by atoms with Crippen LogP contribution in [0.25, 0.3) is 0 Å². The van der Waals surface area contributed by atoms with Crippen molar-refractivity contribution in [2.45, 2.75) is 31.8 Å². The Morgan fingerprint density at radius 2 is 2.16 bits per heavy atom. The highest BCUT2D eigenvalue weighted by molar-refractivity contribution is 5.44. The number of benzene rings is 1. The number of nitrogens with zero attached hydrogens (tertiary/aromatic N) is 1. The van der Waals surface area contributed by atoms with Crippen molar-refractivity contribution in [3.8, 4) is 0 Å². The van der Waals surface area contributed by atoms with Gasteiger partial charge in [-0.2, -0.15) is 5.06 Å². The molecule has 1 saturated carbocycles. The van der Waals surface area contributed by atoms with Crippen LogP contribution in [0.15, 0.2) is 48.6 Å². The molecule has 1 heterocycles. The van der Waals surface area contributed by atoms with Gasteiger partial charge < -0.3 is 4.84 Å². The number of hydrogen-bond donors (Lipinski definition) is 0. The average molecular weight is 255 g/mol. The molecule has 0 saturated heterocycles. The summed E-state index contributed by atoms with van der Waals surface area (Å²) in [7, 11) is 1.78. The van der Waals surface area contributed by atoms with Gasteiger partial charge in [-0.25, -0.2) is 0 Å². The van der Waals surface area contributed by atoms with E-state index in [1.807, 2.05) is 6.92 Å². The summed E-state index contributed by atoms with van der Waals surface area (Å²) in [5.74, 6) is 0.659. The molecular formula is C17H21NO. The van der Waals surface area contributed by atoms with Gasteiger partial charge in [-0.3, -0.25) is 0 Å². The molecule has 3 rings (SSSR count). The maximum Gasteiger partial charge on any atom is 0.0929 e. The Kier molecular flexibility index (Phi) is 3.08. The van der Waals surface area contributed by atoms with Crippen LogP contribution in [0.5, 0.6) is 0 Å². The molecule has 0 spiro atoms. The Labute approximate surface area is 115 Å². The van der Waals surface area contributed by atoms with E-state index in [2.05, 4.69) is 48.1 Å². The second-order valence-electron chi connectivity index (χ2n) is 5.66. The summed E-state index contributed by atoms with van der Waals surface area (Å²) in [6.45, 7) is 6.89. The summed E-state index contributed by atoms with van der Waals surface area (Å²) in [5.41, 5.74) is 3.77. The molecular weight excluding hydrogens is 234 g/mol. The van der Waals surface area contributed by atoms with Crippen molar-refractivity contribution in [1.29, 1.82) is 0 Å². The topological polar surface area (TPSA) is 12.5 Å². The first-order valence-electron chi connectivity index (χ1n) is 6.93. The third-order valence-electron chi connectivity index (χ3n) is 4.22. The maximum absolute atomic E-state index is 5.70. The van der Waals surface area contributed by atoms with Crippen LogP contribution >= 0.6 is 0 Å². The molecule has 0 N–H and O–H groups in total. The van der Waals surface area contributed by atoms with E-state index in [0.29, 0.717) is 5.92 Å². The summed E-state index contributed by atoms with van der Waals surface area (Å²) < 4.78 is 0. The van der Waals surface area contributed by atoms with E-state index in [1.165, 1.54) is 24.0 Å². The van der Waals surface area contributed by atoms with Gasteiger partial charge in [-0.05, 0) is 36.8 Å². The van der Waals surface area contributed by atoms with Crippen molar-refractivity contribution < 1.29 is 4.84 Å². The SMILES string of the molecule is C=C(C)/C=C/[C@@]1(C2CC2)c2ccccc2CN1OC. The van der Waals surface area contributed by atoms with Gasteiger partial charge in [0, 0.05) is 0 Å². The van der Waals surface area contributed by atoms with Crippen LogP contribution in [0.3, 0.4) is 0 Å². The zero-order chi connectivity index (χ0) is 13.5. The minimum atomic E-state index is -0.0930. The highest BCUT2D eigenvalue weighted by Gasteiger charge is 2.53. The van der Waals surface area contributed by atoms with Crippen molar-refractivity contribution in [2.75, 3.05) is 7.11 Å². The molecule has 1 aromatic rings. The second kappa shape index (κ2) is 4.62. The summed E-state index contributed by atoms with van der Waals surface area (Å²) in [6.07, 6.45) is 6.97. The lowest BCUT2D eigenvalue weighted by Gasteiger charge is -2.35. The second-order valence-corrected chi connectivity index (χ2v) is 5.66. The van der Waals surface area contributed by atoms with Crippen molar-refractivity contribution >= 4 is 0 Å². The summed E-state index contributed by atoms with van der Waals surface area (Å²) in [5, 5.41) is 2.13. The molecule has 1 aromatic carbocycles. The zero-order valence-electron chi connectivity index (χ0n) is 11.7. The molecule has 2 nitrogen and oxygen atoms in total. The van der Waals surface area contributed by atoms with Gasteiger partial charge in [0.15, 0.2) is 0 Å². The van der Waals surface area contributed by atoms with Gasteiger partial charge in [-0.15, -0.1) is 0 Å². The van der Waals surface area contributed by atoms with Crippen molar-refractivity contribution in [3.63, 3.8) is 0 Å². The summed E-state index contributed by atoms with van der Waals surface area (Å²) in [4.78, 5) is 5.70. The van der Waals surface area contributed by atoms with E-state index >= 15 is 0 Å². The monoisotopic (exact) mass is 255 g/mol. The zero-order valence-corrected chi connectivity index (χ0v) is 11.7. The molecule has 1 atom stereocenters. The van der Waals surface area contributed by atoms with E-state index in [0.717, 1.165) is 12.1 Å². The fourth-order valence-electron chi connectivity index (χ4n) is 3.21. The quantitative estimate of drug-likeness (QED) is 0.759. The Hall–Kier alpha value is -1.38. The smallest absolute Gasteiger partial charge is 0.0929 e. The van der Waals surface area contributed by atoms with Crippen LogP contribution in [-0.4, -0.2) is 12.2 Å². The lowest BCUT2D eigenvalue weighted by atomic mass is 9.84. The van der Waals surface area contributed by atoms with Crippen LogP contribution in [0.4, 0.5) is 0 Å². The predicted octanol–water partition coefficient (Wildman–Crippen LogP) is 3.80. The Morgan fingerprint density at radius 3 is 2.79 bits per heavy atom. The number of hydrogen-bond acceptors (Lipinski definition) is 2. The highest BCUT2D eigenvalue weighted by atomic mass is 16.7. The standard InChI is InChI=1S/C17H21NO/c1-13(2)10-11-17(15-8-9-15)16-7-5-4-6-14(16)12-18(17)19-3/h4-7,10-11,15H,1,8-9,12H2,2-3H3/b11-10+/t17-/m1/s1. The van der Waals surface area contributed by atoms with Gasteiger partial charge >= 0.3 is 0 Å². The Balaban J connectivity index is 2.12. The molecule has 0 bridgehead atoms. The van der Waals surface area contributed by atoms with E-state index < -0.39 is 0 Å². The molecule has 2 heteroatoms. The molecule has 0 unspecified atom stereocenters. The molecule has 19 heavy (non-hydrogen) atoms. The van der Waals surface area contributed by atoms with Gasteiger partial charge in [0.25, 0.3) is 0 Å². The number of hydroxylamine groups is 2. The van der Waals surface area contributed by atoms with Crippen molar-refractivity contribution in [1.82, 2.24) is 5.06 Å².